The minimum Gasteiger partial charge on any atom is -0.744 e. The van der Waals surface area contributed by atoms with E-state index in [4.69, 9.17) is 21.5 Å². The first kappa shape index (κ1) is 124. The second-order valence-electron chi connectivity index (χ2n) is 35.1. The summed E-state index contributed by atoms with van der Waals surface area (Å²) in [7, 11) is -23.9. The number of anilines is 6. The summed E-state index contributed by atoms with van der Waals surface area (Å²) in [6.45, 7) is 46.4. The summed E-state index contributed by atoms with van der Waals surface area (Å²) in [5.41, 5.74) is 22.0. The van der Waals surface area contributed by atoms with Gasteiger partial charge in [-0.2, -0.15) is 5.56 Å². The van der Waals surface area contributed by atoms with E-state index >= 15 is 0 Å². The van der Waals surface area contributed by atoms with Crippen molar-refractivity contribution in [1.82, 2.24) is 0 Å². The Hall–Kier alpha value is -10.2. The fraction of sp³-hybridized carbons (Fsp3) is 0.309. The molecule has 4 aliphatic rings. The van der Waals surface area contributed by atoms with E-state index < -0.39 is 65.9 Å². The van der Waals surface area contributed by atoms with Crippen LogP contribution in [-0.2, 0) is 61.0 Å². The van der Waals surface area contributed by atoms with E-state index in [2.05, 4.69) is 220 Å². The van der Waals surface area contributed by atoms with E-state index in [1.165, 1.54) is 75.7 Å². The van der Waals surface area contributed by atoms with Crippen molar-refractivity contribution in [2.24, 2.45) is 0 Å². The minimum atomic E-state index is -4.77. The van der Waals surface area contributed by atoms with Crippen LogP contribution in [0.3, 0.4) is 0 Å². The molecule has 0 saturated heterocycles. The molecule has 2 heterocycles. The second-order valence-corrected chi connectivity index (χ2v) is 43.1. The zero-order chi connectivity index (χ0) is 103. The Morgan fingerprint density at radius 1 is 0.359 bits per heavy atom. The maximum atomic E-state index is 12.6. The summed E-state index contributed by atoms with van der Waals surface area (Å²) in [6, 6.07) is 73.8. The molecule has 24 nitrogen and oxygen atoms in total. The number of hydrogen-bond acceptors (Lipinski definition) is 20. The van der Waals surface area contributed by atoms with Gasteiger partial charge in [-0.15, -0.1) is 49.0 Å². The third-order valence-electron chi connectivity index (χ3n) is 22.1. The summed E-state index contributed by atoms with van der Waals surface area (Å²) < 4.78 is 195. The molecule has 2 aliphatic heterocycles. The molecule has 0 spiro atoms. The molecule has 142 heavy (non-hydrogen) atoms. The monoisotopic (exact) mass is 2060 g/mol. The third-order valence-corrected chi connectivity index (χ3v) is 26.1. The molecule has 0 saturated carbocycles. The van der Waals surface area contributed by atoms with E-state index in [0.717, 1.165) is 69.0 Å². The number of fused-ring (bicyclic) bond motifs is 4. The van der Waals surface area contributed by atoms with Crippen molar-refractivity contribution in [3.63, 3.8) is 0 Å². The largest absolute Gasteiger partial charge is 1.00 e. The van der Waals surface area contributed by atoms with Gasteiger partial charge in [0.25, 0.3) is 0 Å². The van der Waals surface area contributed by atoms with E-state index in [1.54, 1.807) is 54.6 Å². The van der Waals surface area contributed by atoms with Gasteiger partial charge >= 0.3 is 69.7 Å². The molecule has 0 radical (unpaired) electrons. The van der Waals surface area contributed by atoms with Crippen LogP contribution in [0.25, 0.3) is 72.9 Å². The molecule has 0 atom stereocenters. The van der Waals surface area contributed by atoms with Gasteiger partial charge < -0.3 is 37.8 Å². The maximum Gasteiger partial charge on any atom is 1.00 e. The van der Waals surface area contributed by atoms with Crippen LogP contribution >= 0.6 is 0 Å². The van der Waals surface area contributed by atoms with Gasteiger partial charge in [-0.25, -0.2) is 52.1 Å². The number of para-hydroxylation sites is 4. The summed E-state index contributed by atoms with van der Waals surface area (Å²) >= 11 is 0. The molecule has 10 aromatic carbocycles. The smallest absolute Gasteiger partial charge is 0.744 e. The minimum absolute atomic E-state index is 0. The first-order valence-electron chi connectivity index (χ1n) is 45.6. The first-order chi connectivity index (χ1) is 64.8. The van der Waals surface area contributed by atoms with Gasteiger partial charge in [-0.05, 0) is 148 Å². The van der Waals surface area contributed by atoms with Crippen LogP contribution in [0.5, 0.6) is 0 Å². The average Bonchev–Trinajstić information content (AvgIpc) is 0.743. The van der Waals surface area contributed by atoms with Gasteiger partial charge in [0.1, 0.15) is 53.0 Å². The van der Waals surface area contributed by atoms with Crippen molar-refractivity contribution in [3.8, 4) is 44.9 Å². The molecular formula is C110H134N6Na2O18S6. The molecule has 0 unspecified atom stereocenters. The van der Waals surface area contributed by atoms with Gasteiger partial charge in [-0.3, -0.25) is 4.72 Å². The molecule has 2 aliphatic carbocycles. The predicted octanol–water partition coefficient (Wildman–Crippen LogP) is 17.8. The zero-order valence-electron chi connectivity index (χ0n) is 84.5. The quantitative estimate of drug-likeness (QED) is 0.0142. The molecule has 14 rings (SSSR count). The number of nitrogens with one attached hydrogen (secondary N) is 6. The van der Waals surface area contributed by atoms with Crippen molar-refractivity contribution in [2.45, 2.75) is 229 Å². The normalized spacial score (nSPS) is 11.8. The summed E-state index contributed by atoms with van der Waals surface area (Å²) in [4.78, 5) is 6.44. The van der Waals surface area contributed by atoms with Crippen LogP contribution in [0.1, 0.15) is 263 Å². The molecule has 32 heteroatoms. The Morgan fingerprint density at radius 3 is 0.958 bits per heavy atom. The van der Waals surface area contributed by atoms with E-state index in [9.17, 15) is 55.7 Å². The fourth-order valence-electron chi connectivity index (χ4n) is 16.0. The molecule has 0 fully saturated rings. The van der Waals surface area contributed by atoms with Gasteiger partial charge in [0.05, 0.1) is 39.3 Å². The van der Waals surface area contributed by atoms with Crippen LogP contribution in [0, 0.1) is 13.0 Å². The standard InChI is InChI=1S/2C43H46N2O4S.C10H12NO2S.C8H11NO5S2.2C2H6.2CH4.2Na.O3S/c2*1-25(2)31-14-11-15-32(26(3)4)42(31)44-29-19-21-35-38(23-29)49-39-24-30(45-43-33(27(5)6)16-12-17-34(43)28(7)8)20-22-36(39)41(35)37-13-9-10-18-40(37)50(46,47)48;1-3-4-9-5-7-10(8-6-9)11-14(2,12)13;1-6-3-4-7(9-15(2,10)11)5-8(6)16(12,13)14;2*1-2;;;;;1-4(2)3/h2*9-28,44H,1-8H3,(H,46,47,48);3-5,7-8,11H,1-2H3;3-5,9H,1-2H3,(H,12,13,14);2*1-2H3;2*1H4;;;/q;;-1;;;;;;2*+1;/p-1. The Kier molecular flexibility index (Phi) is 47.7. The SMILES string of the molecule is C.C.CC.CC.CC(C)c1cccc(C(C)C)c1Nc1ccc2c(-c3ccccc3S(=O)(=O)[O-])c3ccc(=[NH+]c4c(C(C)C)cccc4C(C)C)cc-3oc2c1.CC(C)c1cccc(C(C)C)c1Nc1ccc2c(-c3ccccc3S(=O)(=O)[O-])c3ccc(=[NH+]c4c(C(C)C)cccc4C(C)C)cc-3oc2c1.CC=Cc1[c-]cc(NS(C)(=O)=O)cc1.Cc1ccc(NS(C)(=O)=O)cc1S(=O)(=O)[O-].O=S(=O)=O.[Na+].[Na+]. The Bertz CT molecular complexity index is 7110. The Balaban J connectivity index is 0.000000426. The molecule has 0 aromatic heterocycles. The molecule has 6 N–H and O–H groups in total. The molecule has 750 valence electrons. The number of allylic oxidation sites excluding steroid dienone is 1. The van der Waals surface area contributed by atoms with Crippen LogP contribution in [0.15, 0.2) is 260 Å². The van der Waals surface area contributed by atoms with Crippen molar-refractivity contribution >= 4 is 135 Å². The van der Waals surface area contributed by atoms with E-state index in [-0.39, 0.29) is 95.0 Å². The van der Waals surface area contributed by atoms with Gasteiger partial charge in [0, 0.05) is 119 Å². The van der Waals surface area contributed by atoms with Gasteiger partial charge in [-0.1, -0.05) is 276 Å². The van der Waals surface area contributed by atoms with Crippen LogP contribution in [0.4, 0.5) is 45.5 Å². The number of benzene rings is 12. The number of sulfonamides is 2. The van der Waals surface area contributed by atoms with Crippen LogP contribution < -0.4 is 99.9 Å². The summed E-state index contributed by atoms with van der Waals surface area (Å²) in [5.74, 6) is 3.61. The number of rotatable bonds is 24. The second kappa shape index (κ2) is 54.6. The average molecular weight is 2070 g/mol. The first-order valence-corrected chi connectivity index (χ1v) is 54.6. The third kappa shape index (κ3) is 33.4. The van der Waals surface area contributed by atoms with E-state index in [0.29, 0.717) is 120 Å². The van der Waals surface area contributed by atoms with Crippen LogP contribution in [-0.4, -0.2) is 80.9 Å². The molecule has 0 amide bonds. The summed E-state index contributed by atoms with van der Waals surface area (Å²) in [5, 5.41) is 10.5. The van der Waals surface area contributed by atoms with Gasteiger partial charge in [0.2, 0.25) is 42.1 Å². The van der Waals surface area contributed by atoms with E-state index in [1.807, 2.05) is 120 Å². The maximum absolute atomic E-state index is 12.6. The Morgan fingerprint density at radius 2 is 0.662 bits per heavy atom. The van der Waals surface area contributed by atoms with Crippen molar-refractivity contribution in [3.05, 3.63) is 309 Å². The molecule has 10 aromatic rings. The number of aryl methyl sites for hydroxylation is 1. The van der Waals surface area contributed by atoms with Gasteiger partial charge in [0.15, 0.2) is 0 Å². The predicted molar refractivity (Wildman–Crippen MR) is 567 cm³/mol. The Labute approximate surface area is 888 Å². The topological polar surface area (TPSA) is 393 Å². The summed E-state index contributed by atoms with van der Waals surface area (Å²) in [6.07, 6.45) is 5.84. The molecular weight excluding hydrogens is 1930 g/mol. The van der Waals surface area contributed by atoms with Crippen molar-refractivity contribution in [2.75, 3.05) is 32.6 Å². The fourth-order valence-corrected chi connectivity index (χ4v) is 19.2. The van der Waals surface area contributed by atoms with Crippen molar-refractivity contribution < 1.29 is 146 Å². The zero-order valence-corrected chi connectivity index (χ0v) is 93.4. The number of hydrogen-bond donors (Lipinski definition) is 6. The van der Waals surface area contributed by atoms with Crippen molar-refractivity contribution in [1.29, 1.82) is 0 Å². The molecule has 0 bridgehead atoms. The van der Waals surface area contributed by atoms with Crippen LogP contribution in [0.2, 0.25) is 0 Å².